The van der Waals surface area contributed by atoms with E-state index in [1.54, 1.807) is 0 Å². The molecule has 0 amide bonds. The van der Waals surface area contributed by atoms with Gasteiger partial charge in [-0.2, -0.15) is 0 Å². The van der Waals surface area contributed by atoms with Gasteiger partial charge in [-0.25, -0.2) is 0 Å². The number of ether oxygens (including phenoxy) is 1. The molecule has 0 spiro atoms. The van der Waals surface area contributed by atoms with E-state index in [9.17, 15) is 4.79 Å². The van der Waals surface area contributed by atoms with Gasteiger partial charge in [0.2, 0.25) is 0 Å². The summed E-state index contributed by atoms with van der Waals surface area (Å²) in [5.74, 6) is 3.50. The molecular weight excluding hydrogens is 200 g/mol. The van der Waals surface area contributed by atoms with Crippen LogP contribution in [0.15, 0.2) is 12.2 Å². The van der Waals surface area contributed by atoms with Crippen molar-refractivity contribution in [3.63, 3.8) is 0 Å². The van der Waals surface area contributed by atoms with E-state index >= 15 is 0 Å². The lowest BCUT2D eigenvalue weighted by Crippen LogP contribution is -2.38. The first kappa shape index (κ1) is 10.4. The molecule has 2 fully saturated rings. The number of allylic oxidation sites excluding steroid dienone is 2. The van der Waals surface area contributed by atoms with E-state index in [0.29, 0.717) is 0 Å². The molecule has 2 heteroatoms. The standard InChI is InChI=1S/C14H20O2/c1-9(15)16-13-6-4-10(5-7-13)14-11-2-3-12(14)8-11/h2-3,10-14H,4-8H2,1H3. The fourth-order valence-corrected chi connectivity index (χ4v) is 3.97. The monoisotopic (exact) mass is 220 g/mol. The van der Waals surface area contributed by atoms with Crippen LogP contribution in [-0.2, 0) is 9.53 Å². The largest absolute Gasteiger partial charge is 0.463 e. The molecule has 4 aliphatic carbocycles. The van der Waals surface area contributed by atoms with Crippen LogP contribution in [0.3, 0.4) is 0 Å². The number of carbonyl (C=O) groups is 1. The Hall–Kier alpha value is -0.790. The van der Waals surface area contributed by atoms with E-state index in [2.05, 4.69) is 12.2 Å². The summed E-state index contributed by atoms with van der Waals surface area (Å²) in [6.45, 7) is 1.52. The molecule has 0 aromatic carbocycles. The Kier molecular flexibility index (Phi) is 2.53. The second-order valence-electron chi connectivity index (χ2n) is 5.67. The second-order valence-corrected chi connectivity index (χ2v) is 5.67. The molecule has 0 radical (unpaired) electrons. The highest BCUT2D eigenvalue weighted by Crippen LogP contribution is 2.54. The van der Waals surface area contributed by atoms with E-state index in [0.717, 1.165) is 36.5 Å². The Bertz CT molecular complexity index is 301. The summed E-state index contributed by atoms with van der Waals surface area (Å²) in [4.78, 5) is 10.9. The van der Waals surface area contributed by atoms with Crippen LogP contribution < -0.4 is 0 Å². The van der Waals surface area contributed by atoms with E-state index in [1.165, 1.54) is 26.2 Å². The molecule has 2 nitrogen and oxygen atoms in total. The van der Waals surface area contributed by atoms with Crippen LogP contribution in [0.5, 0.6) is 0 Å². The van der Waals surface area contributed by atoms with Crippen molar-refractivity contribution in [1.82, 2.24) is 0 Å². The van der Waals surface area contributed by atoms with Gasteiger partial charge in [0.05, 0.1) is 0 Å². The highest BCUT2D eigenvalue weighted by molar-refractivity contribution is 5.66. The quantitative estimate of drug-likeness (QED) is 0.528. The number of rotatable bonds is 2. The molecule has 4 rings (SSSR count). The Labute approximate surface area is 97.1 Å². The smallest absolute Gasteiger partial charge is 0.302 e. The Morgan fingerprint density at radius 2 is 1.75 bits per heavy atom. The zero-order valence-electron chi connectivity index (χ0n) is 9.89. The summed E-state index contributed by atoms with van der Waals surface area (Å²) in [6.07, 6.45) is 11.2. The zero-order valence-corrected chi connectivity index (χ0v) is 9.89. The molecule has 0 saturated heterocycles. The predicted molar refractivity (Wildman–Crippen MR) is 61.7 cm³/mol. The molecule has 2 bridgehead atoms. The van der Waals surface area contributed by atoms with E-state index in [-0.39, 0.29) is 12.1 Å². The molecule has 16 heavy (non-hydrogen) atoms. The van der Waals surface area contributed by atoms with E-state index < -0.39 is 0 Å². The van der Waals surface area contributed by atoms with Crippen molar-refractivity contribution in [2.24, 2.45) is 23.7 Å². The lowest BCUT2D eigenvalue weighted by molar-refractivity contribution is -0.148. The summed E-state index contributed by atoms with van der Waals surface area (Å²) < 4.78 is 5.29. The van der Waals surface area contributed by atoms with Crippen LogP contribution in [0.25, 0.3) is 0 Å². The van der Waals surface area contributed by atoms with Gasteiger partial charge < -0.3 is 4.74 Å². The highest BCUT2D eigenvalue weighted by atomic mass is 16.5. The van der Waals surface area contributed by atoms with Crippen molar-refractivity contribution < 1.29 is 9.53 Å². The topological polar surface area (TPSA) is 26.3 Å². The lowest BCUT2D eigenvalue weighted by atomic mass is 9.61. The highest BCUT2D eigenvalue weighted by Gasteiger charge is 2.47. The molecule has 88 valence electrons. The first-order chi connectivity index (χ1) is 7.74. The fraction of sp³-hybridized carbons (Fsp3) is 0.786. The number of hydrogen-bond acceptors (Lipinski definition) is 2. The minimum atomic E-state index is -0.117. The Morgan fingerprint density at radius 3 is 2.25 bits per heavy atom. The molecule has 0 aliphatic heterocycles. The first-order valence-electron chi connectivity index (χ1n) is 6.59. The Balaban J connectivity index is 1.50. The SMILES string of the molecule is CC(=O)OC1CCC(C2C3C=CC2C3)CC1. The summed E-state index contributed by atoms with van der Waals surface area (Å²) in [6, 6.07) is 0. The van der Waals surface area contributed by atoms with Gasteiger partial charge in [-0.05, 0) is 55.8 Å². The predicted octanol–water partition coefficient (Wildman–Crippen LogP) is 2.93. The van der Waals surface area contributed by atoms with Crippen LogP contribution in [0, 0.1) is 23.7 Å². The van der Waals surface area contributed by atoms with Gasteiger partial charge in [0.25, 0.3) is 0 Å². The van der Waals surface area contributed by atoms with Crippen LogP contribution in [0.2, 0.25) is 0 Å². The molecule has 4 aliphatic rings. The number of hydrogen-bond donors (Lipinski definition) is 0. The van der Waals surface area contributed by atoms with Crippen molar-refractivity contribution in [2.45, 2.75) is 45.1 Å². The van der Waals surface area contributed by atoms with Gasteiger partial charge in [0.1, 0.15) is 6.10 Å². The average Bonchev–Trinajstić information content (AvgIpc) is 2.82. The minimum absolute atomic E-state index is 0.117. The zero-order chi connectivity index (χ0) is 11.1. The molecule has 0 heterocycles. The maximum atomic E-state index is 10.9. The first-order valence-corrected chi connectivity index (χ1v) is 6.59. The minimum Gasteiger partial charge on any atom is -0.463 e. The fourth-order valence-electron chi connectivity index (χ4n) is 3.97. The molecule has 0 aromatic rings. The van der Waals surface area contributed by atoms with Crippen molar-refractivity contribution in [2.75, 3.05) is 0 Å². The second kappa shape index (κ2) is 3.90. The summed E-state index contributed by atoms with van der Waals surface area (Å²) >= 11 is 0. The van der Waals surface area contributed by atoms with Crippen molar-refractivity contribution in [1.29, 1.82) is 0 Å². The molecule has 2 saturated carbocycles. The molecule has 0 aromatic heterocycles. The molecule has 0 N–H and O–H groups in total. The van der Waals surface area contributed by atoms with Gasteiger partial charge in [-0.1, -0.05) is 12.2 Å². The van der Waals surface area contributed by atoms with E-state index in [4.69, 9.17) is 4.74 Å². The third kappa shape index (κ3) is 1.68. The average molecular weight is 220 g/mol. The maximum Gasteiger partial charge on any atom is 0.302 e. The lowest BCUT2D eigenvalue weighted by Gasteiger charge is -2.44. The molecular formula is C14H20O2. The molecule has 2 unspecified atom stereocenters. The summed E-state index contributed by atoms with van der Waals surface area (Å²) in [7, 11) is 0. The van der Waals surface area contributed by atoms with Crippen LogP contribution in [0.1, 0.15) is 39.0 Å². The molecule has 2 atom stereocenters. The maximum absolute atomic E-state index is 10.9. The van der Waals surface area contributed by atoms with Crippen molar-refractivity contribution in [3.8, 4) is 0 Å². The number of carbonyl (C=O) groups excluding carboxylic acids is 1. The van der Waals surface area contributed by atoms with Crippen molar-refractivity contribution >= 4 is 5.97 Å². The van der Waals surface area contributed by atoms with E-state index in [1.807, 2.05) is 0 Å². The van der Waals surface area contributed by atoms with Gasteiger partial charge in [0.15, 0.2) is 0 Å². The third-order valence-corrected chi connectivity index (χ3v) is 4.73. The van der Waals surface area contributed by atoms with Crippen LogP contribution in [-0.4, -0.2) is 12.1 Å². The third-order valence-electron chi connectivity index (χ3n) is 4.73. The van der Waals surface area contributed by atoms with Gasteiger partial charge in [-0.3, -0.25) is 4.79 Å². The number of esters is 1. The summed E-state index contributed by atoms with van der Waals surface area (Å²) in [5.41, 5.74) is 0. The summed E-state index contributed by atoms with van der Waals surface area (Å²) in [5, 5.41) is 0. The van der Waals surface area contributed by atoms with Crippen LogP contribution in [0.4, 0.5) is 0 Å². The van der Waals surface area contributed by atoms with Crippen LogP contribution >= 0.6 is 0 Å². The van der Waals surface area contributed by atoms with Gasteiger partial charge >= 0.3 is 5.97 Å². The Morgan fingerprint density at radius 1 is 1.12 bits per heavy atom. The normalized spacial score (nSPS) is 45.2. The van der Waals surface area contributed by atoms with Crippen molar-refractivity contribution in [3.05, 3.63) is 12.2 Å². The van der Waals surface area contributed by atoms with Gasteiger partial charge in [-0.15, -0.1) is 0 Å². The van der Waals surface area contributed by atoms with Gasteiger partial charge in [0, 0.05) is 6.92 Å².